The molecule has 1 saturated heterocycles. The number of benzene rings is 1. The van der Waals surface area contributed by atoms with Gasteiger partial charge in [0.15, 0.2) is 0 Å². The summed E-state index contributed by atoms with van der Waals surface area (Å²) < 4.78 is 41.1. The zero-order valence-electron chi connectivity index (χ0n) is 16.1. The van der Waals surface area contributed by atoms with Crippen molar-refractivity contribution in [3.05, 3.63) is 29.6 Å². The third kappa shape index (κ3) is 4.39. The molecule has 158 valence electrons. The fourth-order valence-electron chi connectivity index (χ4n) is 3.46. The third-order valence-corrected chi connectivity index (χ3v) is 5.00. The summed E-state index contributed by atoms with van der Waals surface area (Å²) in [6.07, 6.45) is -4.55. The molecule has 0 spiro atoms. The number of alkyl halides is 3. The molecule has 1 aromatic heterocycles. The van der Waals surface area contributed by atoms with E-state index < -0.39 is 18.0 Å². The number of nitrogens with zero attached hydrogens (tertiary/aromatic N) is 3. The molecule has 2 atom stereocenters. The summed E-state index contributed by atoms with van der Waals surface area (Å²) in [6.45, 7) is 8.59. The first kappa shape index (κ1) is 24.5. The number of nitrogens with one attached hydrogen (secondary N) is 1. The first-order chi connectivity index (χ1) is 12.1. The molecule has 0 bridgehead atoms. The molecule has 2 aromatic rings. The third-order valence-electron chi connectivity index (χ3n) is 5.00. The summed E-state index contributed by atoms with van der Waals surface area (Å²) in [5.41, 5.74) is 0.930. The predicted octanol–water partition coefficient (Wildman–Crippen LogP) is 4.30. The molecule has 1 N–H and O–H groups in total. The molecule has 0 saturated carbocycles. The largest absolute Gasteiger partial charge is 0.449 e. The smallest absolute Gasteiger partial charge is 0.333 e. The summed E-state index contributed by atoms with van der Waals surface area (Å²) in [4.78, 5) is 18.4. The Morgan fingerprint density at radius 2 is 1.89 bits per heavy atom. The number of aromatic nitrogens is 2. The SMILES string of the molecule is CC1NCCN(C(=O)c2ccc3c(c2)nc(C(F)(F)F)n3C(C)C)C1C.Cl.Cl. The fraction of sp³-hybridized carbons (Fsp3) is 0.556. The van der Waals surface area contributed by atoms with Gasteiger partial charge in [0.2, 0.25) is 5.82 Å². The Morgan fingerprint density at radius 3 is 2.46 bits per heavy atom. The van der Waals surface area contributed by atoms with E-state index >= 15 is 0 Å². The Hall–Kier alpha value is -1.51. The molecule has 1 aliphatic rings. The van der Waals surface area contributed by atoms with Crippen LogP contribution >= 0.6 is 24.8 Å². The van der Waals surface area contributed by atoms with Gasteiger partial charge in [0.1, 0.15) is 0 Å². The standard InChI is InChI=1S/C18H23F3N4O.2ClH/c1-10(2)25-15-6-5-13(9-14(15)23-17(25)18(19,20)21)16(26)24-8-7-22-11(3)12(24)4;;/h5-6,9-12,22H,7-8H2,1-4H3;2*1H. The second kappa shape index (κ2) is 8.88. The first-order valence-corrected chi connectivity index (χ1v) is 8.74. The van der Waals surface area contributed by atoms with E-state index in [1.807, 2.05) is 13.8 Å². The van der Waals surface area contributed by atoms with Crippen LogP contribution in [0.15, 0.2) is 18.2 Å². The van der Waals surface area contributed by atoms with Crippen molar-refractivity contribution in [1.29, 1.82) is 0 Å². The number of hydrogen-bond acceptors (Lipinski definition) is 3. The number of rotatable bonds is 2. The lowest BCUT2D eigenvalue weighted by Crippen LogP contribution is -2.57. The summed E-state index contributed by atoms with van der Waals surface area (Å²) >= 11 is 0. The van der Waals surface area contributed by atoms with E-state index in [0.717, 1.165) is 0 Å². The number of carbonyl (C=O) groups excluding carboxylic acids is 1. The molecule has 3 rings (SSSR count). The van der Waals surface area contributed by atoms with Crippen LogP contribution in [0.25, 0.3) is 11.0 Å². The topological polar surface area (TPSA) is 50.2 Å². The average Bonchev–Trinajstić information content (AvgIpc) is 2.96. The summed E-state index contributed by atoms with van der Waals surface area (Å²) in [7, 11) is 0. The number of hydrogen-bond donors (Lipinski definition) is 1. The maximum atomic E-state index is 13.3. The molecule has 10 heteroatoms. The minimum Gasteiger partial charge on any atom is -0.333 e. The Bertz CT molecular complexity index is 838. The van der Waals surface area contributed by atoms with Crippen LogP contribution in [-0.4, -0.2) is 45.5 Å². The zero-order chi connectivity index (χ0) is 19.2. The van der Waals surface area contributed by atoms with Crippen molar-refractivity contribution in [2.24, 2.45) is 0 Å². The first-order valence-electron chi connectivity index (χ1n) is 8.74. The highest BCUT2D eigenvalue weighted by atomic mass is 35.5. The van der Waals surface area contributed by atoms with Gasteiger partial charge in [-0.3, -0.25) is 4.79 Å². The van der Waals surface area contributed by atoms with Gasteiger partial charge in [-0.2, -0.15) is 13.2 Å². The maximum Gasteiger partial charge on any atom is 0.449 e. The van der Waals surface area contributed by atoms with Crippen molar-refractivity contribution in [2.45, 2.75) is 52.0 Å². The molecule has 28 heavy (non-hydrogen) atoms. The summed E-state index contributed by atoms with van der Waals surface area (Å²) in [5.74, 6) is -1.11. The number of imidazole rings is 1. The van der Waals surface area contributed by atoms with Gasteiger partial charge in [-0.05, 0) is 45.9 Å². The van der Waals surface area contributed by atoms with E-state index in [9.17, 15) is 18.0 Å². The highest BCUT2D eigenvalue weighted by molar-refractivity contribution is 5.97. The predicted molar refractivity (Wildman–Crippen MR) is 108 cm³/mol. The lowest BCUT2D eigenvalue weighted by molar-refractivity contribution is -0.147. The van der Waals surface area contributed by atoms with Crippen molar-refractivity contribution >= 4 is 41.8 Å². The van der Waals surface area contributed by atoms with E-state index in [4.69, 9.17) is 0 Å². The van der Waals surface area contributed by atoms with Crippen molar-refractivity contribution in [3.63, 3.8) is 0 Å². The van der Waals surface area contributed by atoms with Crippen LogP contribution in [-0.2, 0) is 6.18 Å². The van der Waals surface area contributed by atoms with Crippen LogP contribution in [0.1, 0.15) is 49.9 Å². The van der Waals surface area contributed by atoms with E-state index in [-0.39, 0.29) is 48.3 Å². The molecular formula is C18H25Cl2F3N4O. The molecule has 1 fully saturated rings. The lowest BCUT2D eigenvalue weighted by Gasteiger charge is -2.38. The van der Waals surface area contributed by atoms with Gasteiger partial charge in [0, 0.05) is 36.8 Å². The minimum atomic E-state index is -4.55. The molecular weight excluding hydrogens is 416 g/mol. The Labute approximate surface area is 174 Å². The number of amides is 1. The van der Waals surface area contributed by atoms with E-state index in [0.29, 0.717) is 24.2 Å². The molecule has 0 radical (unpaired) electrons. The van der Waals surface area contributed by atoms with Gasteiger partial charge in [-0.15, -0.1) is 24.8 Å². The number of piperazine rings is 1. The fourth-order valence-corrected chi connectivity index (χ4v) is 3.46. The van der Waals surface area contributed by atoms with Gasteiger partial charge in [-0.1, -0.05) is 0 Å². The molecule has 1 aromatic carbocycles. The quantitative estimate of drug-likeness (QED) is 0.756. The molecule has 5 nitrogen and oxygen atoms in total. The van der Waals surface area contributed by atoms with Crippen molar-refractivity contribution < 1.29 is 18.0 Å². The molecule has 2 unspecified atom stereocenters. The van der Waals surface area contributed by atoms with Crippen LogP contribution < -0.4 is 5.32 Å². The monoisotopic (exact) mass is 440 g/mol. The minimum absolute atomic E-state index is 0. The van der Waals surface area contributed by atoms with Gasteiger partial charge >= 0.3 is 6.18 Å². The van der Waals surface area contributed by atoms with Crippen molar-refractivity contribution in [1.82, 2.24) is 19.8 Å². The summed E-state index contributed by atoms with van der Waals surface area (Å²) in [5, 5.41) is 3.30. The second-order valence-corrected chi connectivity index (χ2v) is 7.08. The highest BCUT2D eigenvalue weighted by Crippen LogP contribution is 2.34. The van der Waals surface area contributed by atoms with Crippen LogP contribution in [0.3, 0.4) is 0 Å². The normalized spacial score (nSPS) is 20.1. The van der Waals surface area contributed by atoms with Crippen LogP contribution in [0, 0.1) is 0 Å². The van der Waals surface area contributed by atoms with Crippen LogP contribution in [0.5, 0.6) is 0 Å². The highest BCUT2D eigenvalue weighted by Gasteiger charge is 2.38. The molecule has 1 aliphatic heterocycles. The lowest BCUT2D eigenvalue weighted by atomic mass is 10.0. The zero-order valence-corrected chi connectivity index (χ0v) is 17.7. The number of halogens is 5. The van der Waals surface area contributed by atoms with Gasteiger partial charge in [0.25, 0.3) is 5.91 Å². The van der Waals surface area contributed by atoms with Crippen molar-refractivity contribution in [2.75, 3.05) is 13.1 Å². The van der Waals surface area contributed by atoms with Gasteiger partial charge < -0.3 is 14.8 Å². The van der Waals surface area contributed by atoms with Gasteiger partial charge in [-0.25, -0.2) is 4.98 Å². The Kier molecular flexibility index (Phi) is 7.78. The number of carbonyl (C=O) groups is 1. The molecule has 0 aliphatic carbocycles. The van der Waals surface area contributed by atoms with Crippen LogP contribution in [0.4, 0.5) is 13.2 Å². The molecule has 2 heterocycles. The number of fused-ring (bicyclic) bond motifs is 1. The summed E-state index contributed by atoms with van der Waals surface area (Å²) in [6, 6.07) is 4.38. The van der Waals surface area contributed by atoms with Gasteiger partial charge in [0.05, 0.1) is 11.0 Å². The van der Waals surface area contributed by atoms with E-state index in [1.54, 1.807) is 30.9 Å². The van der Waals surface area contributed by atoms with Crippen LogP contribution in [0.2, 0.25) is 0 Å². The molecule has 1 amide bonds. The average molecular weight is 441 g/mol. The van der Waals surface area contributed by atoms with Crippen molar-refractivity contribution in [3.8, 4) is 0 Å². The Morgan fingerprint density at radius 1 is 1.25 bits per heavy atom. The maximum absolute atomic E-state index is 13.3. The Balaban J connectivity index is 0.00000196. The second-order valence-electron chi connectivity index (χ2n) is 7.08. The van der Waals surface area contributed by atoms with E-state index in [1.165, 1.54) is 10.6 Å². The van der Waals surface area contributed by atoms with E-state index in [2.05, 4.69) is 10.3 Å².